The van der Waals surface area contributed by atoms with Crippen molar-refractivity contribution in [1.82, 2.24) is 10.2 Å². The molecule has 2 unspecified atom stereocenters. The van der Waals surface area contributed by atoms with E-state index in [1.807, 2.05) is 30.9 Å². The second kappa shape index (κ2) is 14.4. The highest BCUT2D eigenvalue weighted by molar-refractivity contribution is 5.66. The summed E-state index contributed by atoms with van der Waals surface area (Å²) < 4.78 is 0. The molecule has 23 heavy (non-hydrogen) atoms. The third-order valence-corrected chi connectivity index (χ3v) is 3.23. The van der Waals surface area contributed by atoms with Gasteiger partial charge in [0.1, 0.15) is 0 Å². The molecule has 0 rings (SSSR count). The second-order valence-corrected chi connectivity index (χ2v) is 5.46. The Labute approximate surface area is 139 Å². The van der Waals surface area contributed by atoms with Gasteiger partial charge in [-0.05, 0) is 12.8 Å². The number of nitrogens with one attached hydrogen (secondary N) is 1. The Kier molecular flexibility index (Phi) is 13.6. The molecule has 0 amide bonds. The Morgan fingerprint density at radius 1 is 1.09 bits per heavy atom. The highest BCUT2D eigenvalue weighted by Crippen LogP contribution is 1.98. The first kappa shape index (κ1) is 21.8. The van der Waals surface area contributed by atoms with Crippen molar-refractivity contribution in [1.29, 1.82) is 0 Å². The molecule has 4 N–H and O–H groups in total. The summed E-state index contributed by atoms with van der Waals surface area (Å²) in [6.45, 7) is 6.51. The van der Waals surface area contributed by atoms with Gasteiger partial charge in [-0.3, -0.25) is 9.69 Å². The summed E-state index contributed by atoms with van der Waals surface area (Å²) in [6.07, 6.45) is 8.00. The number of carboxylic acid groups (broad SMARTS) is 1. The fraction of sp³-hybridized carbons (Fsp3) is 0.706. The van der Waals surface area contributed by atoms with E-state index in [0.29, 0.717) is 32.7 Å². The molecule has 0 saturated carbocycles. The number of carbonyl (C=O) groups is 1. The van der Waals surface area contributed by atoms with Crippen LogP contribution in [0.4, 0.5) is 0 Å². The van der Waals surface area contributed by atoms with Crippen LogP contribution in [-0.2, 0) is 4.79 Å². The molecule has 0 aliphatic carbocycles. The minimum absolute atomic E-state index is 0.0477. The average Bonchev–Trinajstić information content (AvgIpc) is 2.52. The minimum atomic E-state index is -0.846. The van der Waals surface area contributed by atoms with Gasteiger partial charge in [0.15, 0.2) is 0 Å². The van der Waals surface area contributed by atoms with Crippen LogP contribution in [0, 0.1) is 0 Å². The molecule has 134 valence electrons. The van der Waals surface area contributed by atoms with E-state index in [2.05, 4.69) is 5.32 Å². The van der Waals surface area contributed by atoms with Gasteiger partial charge >= 0.3 is 5.97 Å². The molecule has 2 atom stereocenters. The maximum absolute atomic E-state index is 10.7. The number of carboxylic acids is 1. The van der Waals surface area contributed by atoms with E-state index < -0.39 is 18.2 Å². The highest BCUT2D eigenvalue weighted by atomic mass is 16.4. The first-order valence-electron chi connectivity index (χ1n) is 8.33. The lowest BCUT2D eigenvalue weighted by atomic mass is 10.2. The summed E-state index contributed by atoms with van der Waals surface area (Å²) in [5, 5.41) is 31.5. The molecule has 0 aromatic rings. The van der Waals surface area contributed by atoms with Gasteiger partial charge in [0.05, 0.1) is 18.6 Å². The fourth-order valence-electron chi connectivity index (χ4n) is 2.02. The quantitative estimate of drug-likeness (QED) is 0.281. The molecule has 6 heteroatoms. The predicted octanol–water partition coefficient (Wildman–Crippen LogP) is 1.01. The molecule has 6 nitrogen and oxygen atoms in total. The first-order valence-corrected chi connectivity index (χ1v) is 8.33. The molecular weight excluding hydrogens is 296 g/mol. The van der Waals surface area contributed by atoms with Crippen molar-refractivity contribution < 1.29 is 20.1 Å². The molecule has 0 saturated heterocycles. The molecule has 0 aliphatic heterocycles. The Bertz CT molecular complexity index is 359. The van der Waals surface area contributed by atoms with E-state index in [1.54, 1.807) is 12.2 Å². The lowest BCUT2D eigenvalue weighted by molar-refractivity contribution is -0.137. The van der Waals surface area contributed by atoms with Crippen LogP contribution in [-0.4, -0.2) is 71.1 Å². The summed E-state index contributed by atoms with van der Waals surface area (Å²) in [6, 6.07) is 0. The van der Waals surface area contributed by atoms with Crippen LogP contribution in [0.25, 0.3) is 0 Å². The number of aliphatic hydroxyl groups excluding tert-OH is 2. The van der Waals surface area contributed by atoms with Gasteiger partial charge in [-0.1, -0.05) is 38.2 Å². The zero-order valence-electron chi connectivity index (χ0n) is 14.3. The number of rotatable bonds is 14. The monoisotopic (exact) mass is 328 g/mol. The maximum atomic E-state index is 10.7. The molecule has 0 spiro atoms. The van der Waals surface area contributed by atoms with Crippen molar-refractivity contribution in [2.45, 2.75) is 45.3 Å². The summed E-state index contributed by atoms with van der Waals surface area (Å²) in [5.74, 6) is -0.846. The van der Waals surface area contributed by atoms with Gasteiger partial charge in [0.25, 0.3) is 0 Å². The Morgan fingerprint density at radius 3 is 2.26 bits per heavy atom. The SMILES string of the molecule is CC/C=C\C(O)CNCCN(CCC(=O)O)CC(O)/C=C/CC. The Balaban J connectivity index is 4.16. The van der Waals surface area contributed by atoms with Crippen molar-refractivity contribution in [2.75, 3.05) is 32.7 Å². The maximum Gasteiger partial charge on any atom is 0.304 e. The van der Waals surface area contributed by atoms with Gasteiger partial charge in [0.2, 0.25) is 0 Å². The molecule has 0 aromatic heterocycles. The summed E-state index contributed by atoms with van der Waals surface area (Å²) in [4.78, 5) is 12.6. The normalized spacial score (nSPS) is 14.8. The van der Waals surface area contributed by atoms with Crippen LogP contribution in [0.1, 0.15) is 33.1 Å². The van der Waals surface area contributed by atoms with Crippen LogP contribution in [0.5, 0.6) is 0 Å². The second-order valence-electron chi connectivity index (χ2n) is 5.46. The van der Waals surface area contributed by atoms with Crippen LogP contribution in [0.3, 0.4) is 0 Å². The molecule has 0 fully saturated rings. The molecule has 0 heterocycles. The summed E-state index contributed by atoms with van der Waals surface area (Å²) in [7, 11) is 0. The summed E-state index contributed by atoms with van der Waals surface area (Å²) >= 11 is 0. The Hall–Kier alpha value is -1.21. The third-order valence-electron chi connectivity index (χ3n) is 3.23. The van der Waals surface area contributed by atoms with Crippen LogP contribution >= 0.6 is 0 Å². The van der Waals surface area contributed by atoms with Crippen molar-refractivity contribution in [2.24, 2.45) is 0 Å². The topological polar surface area (TPSA) is 93.0 Å². The van der Waals surface area contributed by atoms with Gasteiger partial charge in [0, 0.05) is 32.7 Å². The molecule has 0 bridgehead atoms. The van der Waals surface area contributed by atoms with Gasteiger partial charge in [-0.15, -0.1) is 0 Å². The molecule has 0 radical (unpaired) electrons. The zero-order chi connectivity index (χ0) is 17.5. The van der Waals surface area contributed by atoms with E-state index in [9.17, 15) is 15.0 Å². The van der Waals surface area contributed by atoms with E-state index in [1.165, 1.54) is 0 Å². The Morgan fingerprint density at radius 2 is 1.70 bits per heavy atom. The first-order chi connectivity index (χ1) is 11.0. The van der Waals surface area contributed by atoms with Gasteiger partial charge in [-0.2, -0.15) is 0 Å². The van der Waals surface area contributed by atoms with Crippen molar-refractivity contribution in [3.8, 4) is 0 Å². The van der Waals surface area contributed by atoms with Gasteiger partial charge in [-0.25, -0.2) is 0 Å². The van der Waals surface area contributed by atoms with Crippen molar-refractivity contribution in [3.63, 3.8) is 0 Å². The third kappa shape index (κ3) is 14.1. The van der Waals surface area contributed by atoms with Crippen LogP contribution < -0.4 is 5.32 Å². The number of nitrogens with zero attached hydrogens (tertiary/aromatic N) is 1. The van der Waals surface area contributed by atoms with Crippen LogP contribution in [0.2, 0.25) is 0 Å². The largest absolute Gasteiger partial charge is 0.481 e. The van der Waals surface area contributed by atoms with Crippen LogP contribution in [0.15, 0.2) is 24.3 Å². The fourth-order valence-corrected chi connectivity index (χ4v) is 2.02. The molecule has 0 aliphatic rings. The van der Waals surface area contributed by atoms with Crippen molar-refractivity contribution >= 4 is 5.97 Å². The number of hydrogen-bond donors (Lipinski definition) is 4. The lowest BCUT2D eigenvalue weighted by Crippen LogP contribution is -2.39. The van der Waals surface area contributed by atoms with E-state index in [4.69, 9.17) is 5.11 Å². The smallest absolute Gasteiger partial charge is 0.304 e. The predicted molar refractivity (Wildman–Crippen MR) is 92.4 cm³/mol. The van der Waals surface area contributed by atoms with E-state index in [0.717, 1.165) is 12.8 Å². The van der Waals surface area contributed by atoms with E-state index in [-0.39, 0.29) is 6.42 Å². The number of aliphatic hydroxyl groups is 2. The standard InChI is InChI=1S/C17H32N2O4/c1-3-5-7-15(20)13-18-10-12-19(11-9-17(22)23)14-16(21)8-6-4-2/h5-8,15-16,18,20-21H,3-4,9-14H2,1-2H3,(H,22,23)/b7-5-,8-6+. The number of aliphatic carboxylic acids is 1. The zero-order valence-corrected chi connectivity index (χ0v) is 14.3. The lowest BCUT2D eigenvalue weighted by Gasteiger charge is -2.23. The van der Waals surface area contributed by atoms with E-state index >= 15 is 0 Å². The summed E-state index contributed by atoms with van der Waals surface area (Å²) in [5.41, 5.74) is 0. The molecule has 0 aromatic carbocycles. The number of allylic oxidation sites excluding steroid dienone is 2. The average molecular weight is 328 g/mol. The molecular formula is C17H32N2O4. The van der Waals surface area contributed by atoms with Gasteiger partial charge < -0.3 is 20.6 Å². The minimum Gasteiger partial charge on any atom is -0.481 e. The number of hydrogen-bond acceptors (Lipinski definition) is 5. The van der Waals surface area contributed by atoms with Crippen molar-refractivity contribution in [3.05, 3.63) is 24.3 Å². The highest BCUT2D eigenvalue weighted by Gasteiger charge is 2.11.